The molecule has 0 saturated heterocycles. The molecule has 0 aliphatic carbocycles. The van der Waals surface area contributed by atoms with Crippen molar-refractivity contribution >= 4 is 34.4 Å². The van der Waals surface area contributed by atoms with Gasteiger partial charge >= 0.3 is 5.97 Å². The van der Waals surface area contributed by atoms with Gasteiger partial charge in [-0.15, -0.1) is 0 Å². The molecule has 0 spiro atoms. The molecule has 3 aromatic rings. The van der Waals surface area contributed by atoms with Gasteiger partial charge in [-0.05, 0) is 23.8 Å². The number of hydrogen-bond acceptors (Lipinski definition) is 7. The van der Waals surface area contributed by atoms with E-state index in [2.05, 4.69) is 10.3 Å². The van der Waals surface area contributed by atoms with Crippen LogP contribution in [0.15, 0.2) is 42.5 Å². The largest absolute Gasteiger partial charge is 0.493 e. The van der Waals surface area contributed by atoms with Crippen molar-refractivity contribution in [3.8, 4) is 17.2 Å². The molecule has 0 aliphatic rings. The Labute approximate surface area is 184 Å². The summed E-state index contributed by atoms with van der Waals surface area (Å²) in [6.45, 7) is 0.0660. The van der Waals surface area contributed by atoms with Crippen molar-refractivity contribution in [2.45, 2.75) is 6.54 Å². The number of rotatable bonds is 8. The van der Waals surface area contributed by atoms with Crippen LogP contribution >= 0.6 is 11.6 Å². The van der Waals surface area contributed by atoms with Gasteiger partial charge in [0.15, 0.2) is 23.8 Å². The van der Waals surface area contributed by atoms with E-state index in [0.717, 1.165) is 5.56 Å². The van der Waals surface area contributed by atoms with Crippen LogP contribution in [0.3, 0.4) is 0 Å². The lowest BCUT2D eigenvalue weighted by Crippen LogP contribution is -2.28. The molecule has 0 saturated carbocycles. The standard InChI is InChI=1S/C22H21ClN2O6/c1-28-19-8-15-16(9-20(19)29-2)25-17(22(27)30-3)10-18(15)31-12-21(26)24-11-13-4-6-14(23)7-5-13/h4-10H,11-12H2,1-3H3,(H,24,26). The number of halogens is 1. The lowest BCUT2D eigenvalue weighted by Gasteiger charge is -2.14. The van der Waals surface area contributed by atoms with Crippen LogP contribution in [-0.2, 0) is 16.1 Å². The number of aromatic nitrogens is 1. The number of methoxy groups -OCH3 is 3. The molecule has 0 bridgehead atoms. The fraction of sp³-hybridized carbons (Fsp3) is 0.227. The summed E-state index contributed by atoms with van der Waals surface area (Å²) in [5.41, 5.74) is 1.37. The summed E-state index contributed by atoms with van der Waals surface area (Å²) in [5.74, 6) is 0.220. The first-order valence-electron chi connectivity index (χ1n) is 9.24. The van der Waals surface area contributed by atoms with Crippen molar-refractivity contribution < 1.29 is 28.5 Å². The molecule has 1 N–H and O–H groups in total. The first-order chi connectivity index (χ1) is 14.9. The van der Waals surface area contributed by atoms with E-state index >= 15 is 0 Å². The summed E-state index contributed by atoms with van der Waals surface area (Å²) in [4.78, 5) is 28.6. The van der Waals surface area contributed by atoms with Crippen LogP contribution in [-0.4, -0.2) is 44.8 Å². The summed E-state index contributed by atoms with van der Waals surface area (Å²) in [7, 11) is 4.26. The Hall–Kier alpha value is -3.52. The van der Waals surface area contributed by atoms with E-state index in [-0.39, 0.29) is 24.0 Å². The molecule has 9 heteroatoms. The second kappa shape index (κ2) is 9.99. The highest BCUT2D eigenvalue weighted by Gasteiger charge is 2.17. The Balaban J connectivity index is 1.82. The van der Waals surface area contributed by atoms with Gasteiger partial charge in [-0.3, -0.25) is 4.79 Å². The number of nitrogens with one attached hydrogen (secondary N) is 1. The third kappa shape index (κ3) is 5.35. The number of carbonyl (C=O) groups is 2. The maximum absolute atomic E-state index is 12.3. The van der Waals surface area contributed by atoms with E-state index in [0.29, 0.717) is 34.0 Å². The van der Waals surface area contributed by atoms with E-state index in [9.17, 15) is 9.59 Å². The molecular formula is C22H21ClN2O6. The molecule has 31 heavy (non-hydrogen) atoms. The molecule has 1 aromatic heterocycles. The average molecular weight is 445 g/mol. The summed E-state index contributed by atoms with van der Waals surface area (Å²) < 4.78 is 21.1. The van der Waals surface area contributed by atoms with Gasteiger partial charge in [0, 0.05) is 29.1 Å². The highest BCUT2D eigenvalue weighted by molar-refractivity contribution is 6.30. The second-order valence-corrected chi connectivity index (χ2v) is 6.85. The molecule has 1 amide bonds. The molecule has 0 radical (unpaired) electrons. The predicted molar refractivity (Wildman–Crippen MR) is 115 cm³/mol. The van der Waals surface area contributed by atoms with Gasteiger partial charge in [0.1, 0.15) is 5.75 Å². The van der Waals surface area contributed by atoms with E-state index in [1.165, 1.54) is 27.4 Å². The van der Waals surface area contributed by atoms with Crippen molar-refractivity contribution in [3.63, 3.8) is 0 Å². The topological polar surface area (TPSA) is 96.0 Å². The third-order valence-electron chi connectivity index (χ3n) is 4.43. The van der Waals surface area contributed by atoms with E-state index in [1.807, 2.05) is 12.1 Å². The quantitative estimate of drug-likeness (QED) is 0.532. The molecule has 8 nitrogen and oxygen atoms in total. The Kier molecular flexibility index (Phi) is 7.15. The molecule has 162 valence electrons. The molecule has 3 rings (SSSR count). The number of amides is 1. The summed E-state index contributed by atoms with van der Waals surface area (Å²) >= 11 is 5.86. The molecule has 0 aliphatic heterocycles. The summed E-state index contributed by atoms with van der Waals surface area (Å²) in [6, 6.07) is 11.9. The van der Waals surface area contributed by atoms with Crippen molar-refractivity contribution in [1.82, 2.24) is 10.3 Å². The van der Waals surface area contributed by atoms with Crippen LogP contribution < -0.4 is 19.5 Å². The maximum atomic E-state index is 12.3. The Morgan fingerprint density at radius 2 is 1.65 bits per heavy atom. The van der Waals surface area contributed by atoms with Gasteiger partial charge in [0.05, 0.1) is 26.8 Å². The number of fused-ring (bicyclic) bond motifs is 1. The number of carbonyl (C=O) groups excluding carboxylic acids is 2. The lowest BCUT2D eigenvalue weighted by molar-refractivity contribution is -0.123. The second-order valence-electron chi connectivity index (χ2n) is 6.41. The van der Waals surface area contributed by atoms with Crippen LogP contribution in [0.25, 0.3) is 10.9 Å². The maximum Gasteiger partial charge on any atom is 0.356 e. The normalized spacial score (nSPS) is 10.5. The smallest absolute Gasteiger partial charge is 0.356 e. The first-order valence-corrected chi connectivity index (χ1v) is 9.62. The molecule has 2 aromatic carbocycles. The molecule has 1 heterocycles. The number of hydrogen-bond donors (Lipinski definition) is 1. The van der Waals surface area contributed by atoms with Crippen LogP contribution in [0.1, 0.15) is 16.1 Å². The van der Waals surface area contributed by atoms with Gasteiger partial charge in [-0.25, -0.2) is 9.78 Å². The number of pyridine rings is 1. The van der Waals surface area contributed by atoms with Gasteiger partial charge in [0.25, 0.3) is 5.91 Å². The Morgan fingerprint density at radius 3 is 2.29 bits per heavy atom. The number of benzene rings is 2. The van der Waals surface area contributed by atoms with Gasteiger partial charge < -0.3 is 24.3 Å². The van der Waals surface area contributed by atoms with Crippen LogP contribution in [0.5, 0.6) is 17.2 Å². The molecule has 0 fully saturated rings. The van der Waals surface area contributed by atoms with Crippen LogP contribution in [0.2, 0.25) is 5.02 Å². The number of nitrogens with zero attached hydrogens (tertiary/aromatic N) is 1. The third-order valence-corrected chi connectivity index (χ3v) is 4.68. The minimum Gasteiger partial charge on any atom is -0.493 e. The van der Waals surface area contributed by atoms with Crippen molar-refractivity contribution in [2.75, 3.05) is 27.9 Å². The fourth-order valence-corrected chi connectivity index (χ4v) is 2.97. The van der Waals surface area contributed by atoms with Gasteiger partial charge in [-0.2, -0.15) is 0 Å². The van der Waals surface area contributed by atoms with Crippen LogP contribution in [0.4, 0.5) is 0 Å². The monoisotopic (exact) mass is 444 g/mol. The zero-order valence-corrected chi connectivity index (χ0v) is 18.0. The SMILES string of the molecule is COC(=O)c1cc(OCC(=O)NCc2ccc(Cl)cc2)c2cc(OC)c(OC)cc2n1. The highest BCUT2D eigenvalue weighted by atomic mass is 35.5. The van der Waals surface area contributed by atoms with E-state index in [4.69, 9.17) is 30.5 Å². The summed E-state index contributed by atoms with van der Waals surface area (Å²) in [6.07, 6.45) is 0. The Morgan fingerprint density at radius 1 is 0.968 bits per heavy atom. The zero-order valence-electron chi connectivity index (χ0n) is 17.2. The highest BCUT2D eigenvalue weighted by Crippen LogP contribution is 2.36. The number of esters is 1. The molecular weight excluding hydrogens is 424 g/mol. The minimum atomic E-state index is -0.631. The number of ether oxygens (including phenoxy) is 4. The first kappa shape index (κ1) is 22.2. The summed E-state index contributed by atoms with van der Waals surface area (Å²) in [5, 5.41) is 3.94. The van der Waals surface area contributed by atoms with E-state index in [1.54, 1.807) is 24.3 Å². The Bertz CT molecular complexity index is 1100. The zero-order chi connectivity index (χ0) is 22.4. The van der Waals surface area contributed by atoms with Crippen molar-refractivity contribution in [1.29, 1.82) is 0 Å². The van der Waals surface area contributed by atoms with Crippen molar-refractivity contribution in [3.05, 3.63) is 58.7 Å². The average Bonchev–Trinajstić information content (AvgIpc) is 2.80. The molecule has 0 unspecified atom stereocenters. The van der Waals surface area contributed by atoms with Gasteiger partial charge in [0.2, 0.25) is 0 Å². The molecule has 0 atom stereocenters. The van der Waals surface area contributed by atoms with E-state index < -0.39 is 5.97 Å². The fourth-order valence-electron chi connectivity index (χ4n) is 2.85. The van der Waals surface area contributed by atoms with Crippen molar-refractivity contribution in [2.24, 2.45) is 0 Å². The lowest BCUT2D eigenvalue weighted by atomic mass is 10.1. The minimum absolute atomic E-state index is 0.0405. The van der Waals surface area contributed by atoms with Gasteiger partial charge in [-0.1, -0.05) is 23.7 Å². The van der Waals surface area contributed by atoms with Crippen LogP contribution in [0, 0.1) is 0 Å². The predicted octanol–water partition coefficient (Wildman–Crippen LogP) is 3.39.